The zero-order valence-electron chi connectivity index (χ0n) is 16.3. The number of aromatic nitrogens is 3. The molecule has 1 aliphatic heterocycles. The summed E-state index contributed by atoms with van der Waals surface area (Å²) in [7, 11) is 0. The number of aryl methyl sites for hydroxylation is 3. The number of likely N-dealkylation sites (tertiary alicyclic amines) is 1. The van der Waals surface area contributed by atoms with Crippen molar-refractivity contribution in [1.82, 2.24) is 20.0 Å². The van der Waals surface area contributed by atoms with E-state index in [0.29, 0.717) is 6.42 Å². The summed E-state index contributed by atoms with van der Waals surface area (Å²) in [6.07, 6.45) is 6.67. The molecule has 144 valence electrons. The van der Waals surface area contributed by atoms with E-state index in [0.717, 1.165) is 54.2 Å². The van der Waals surface area contributed by atoms with Gasteiger partial charge < -0.3 is 9.42 Å². The molecule has 0 unspecified atom stereocenters. The average molecular weight is 376 g/mol. The van der Waals surface area contributed by atoms with Crippen molar-refractivity contribution in [3.8, 4) is 11.3 Å². The van der Waals surface area contributed by atoms with Gasteiger partial charge in [0.25, 0.3) is 0 Å². The van der Waals surface area contributed by atoms with Gasteiger partial charge >= 0.3 is 0 Å². The van der Waals surface area contributed by atoms with Crippen LogP contribution >= 0.6 is 0 Å². The van der Waals surface area contributed by atoms with Crippen molar-refractivity contribution >= 4 is 5.91 Å². The lowest BCUT2D eigenvalue weighted by Crippen LogP contribution is -2.31. The molecule has 0 bridgehead atoms. The first kappa shape index (κ1) is 18.3. The van der Waals surface area contributed by atoms with Crippen LogP contribution in [-0.2, 0) is 11.2 Å². The lowest BCUT2D eigenvalue weighted by molar-refractivity contribution is -0.132. The van der Waals surface area contributed by atoms with E-state index in [-0.39, 0.29) is 11.9 Å². The maximum Gasteiger partial charge on any atom is 0.223 e. The van der Waals surface area contributed by atoms with E-state index < -0.39 is 0 Å². The molecule has 4 rings (SSSR count). The second-order valence-electron chi connectivity index (χ2n) is 7.26. The number of carbonyl (C=O) groups is 1. The van der Waals surface area contributed by atoms with Gasteiger partial charge in [0.05, 0.1) is 41.1 Å². The second kappa shape index (κ2) is 7.92. The van der Waals surface area contributed by atoms with Gasteiger partial charge in [0, 0.05) is 13.0 Å². The lowest BCUT2D eigenvalue weighted by atomic mass is 10.1. The lowest BCUT2D eigenvalue weighted by Gasteiger charge is -2.24. The Kier molecular flexibility index (Phi) is 5.19. The molecule has 0 radical (unpaired) electrons. The first-order valence-electron chi connectivity index (χ1n) is 9.72. The molecule has 0 spiro atoms. The minimum Gasteiger partial charge on any atom is -0.361 e. The van der Waals surface area contributed by atoms with Gasteiger partial charge in [-0.3, -0.25) is 9.78 Å². The Bertz CT molecular complexity index is 948. The molecule has 1 fully saturated rings. The Morgan fingerprint density at radius 1 is 1.21 bits per heavy atom. The standard InChI is InChI=1S/C22H24N4O2/c1-15-22(16(2)28-25-15)19-14-23-13-18(24-19)20-9-6-12-26(20)21(27)11-10-17-7-4-3-5-8-17/h3-5,7-8,13-14,20H,6,9-12H2,1-2H3/t20-/m1/s1. The van der Waals surface area contributed by atoms with E-state index in [1.54, 1.807) is 12.4 Å². The summed E-state index contributed by atoms with van der Waals surface area (Å²) < 4.78 is 5.27. The number of hydrogen-bond acceptors (Lipinski definition) is 5. The molecule has 3 aromatic rings. The third-order valence-corrected chi connectivity index (χ3v) is 5.33. The molecule has 6 nitrogen and oxygen atoms in total. The van der Waals surface area contributed by atoms with Crippen molar-refractivity contribution in [3.63, 3.8) is 0 Å². The minimum atomic E-state index is -0.0174. The van der Waals surface area contributed by atoms with Crippen molar-refractivity contribution in [2.24, 2.45) is 0 Å². The van der Waals surface area contributed by atoms with Crippen LogP contribution in [0.25, 0.3) is 11.3 Å². The second-order valence-corrected chi connectivity index (χ2v) is 7.26. The van der Waals surface area contributed by atoms with Crippen LogP contribution in [0.2, 0.25) is 0 Å². The normalized spacial score (nSPS) is 16.5. The molecular formula is C22H24N4O2. The third-order valence-electron chi connectivity index (χ3n) is 5.33. The van der Waals surface area contributed by atoms with Crippen LogP contribution in [-0.4, -0.2) is 32.5 Å². The smallest absolute Gasteiger partial charge is 0.223 e. The Hall–Kier alpha value is -3.02. The number of rotatable bonds is 5. The largest absolute Gasteiger partial charge is 0.361 e. The monoisotopic (exact) mass is 376 g/mol. The molecule has 1 atom stereocenters. The van der Waals surface area contributed by atoms with Gasteiger partial charge in [-0.2, -0.15) is 0 Å². The van der Waals surface area contributed by atoms with Crippen molar-refractivity contribution in [3.05, 3.63) is 65.4 Å². The molecule has 1 saturated heterocycles. The summed E-state index contributed by atoms with van der Waals surface area (Å²) >= 11 is 0. The van der Waals surface area contributed by atoms with Gasteiger partial charge in [0.2, 0.25) is 5.91 Å². The first-order valence-corrected chi connectivity index (χ1v) is 9.72. The fourth-order valence-corrected chi connectivity index (χ4v) is 3.92. The number of carbonyl (C=O) groups excluding carboxylic acids is 1. The van der Waals surface area contributed by atoms with Crippen LogP contribution in [0.1, 0.15) is 48.0 Å². The van der Waals surface area contributed by atoms with Gasteiger partial charge in [-0.05, 0) is 38.7 Å². The van der Waals surface area contributed by atoms with E-state index in [2.05, 4.69) is 22.3 Å². The van der Waals surface area contributed by atoms with Crippen LogP contribution in [0.4, 0.5) is 0 Å². The molecule has 0 N–H and O–H groups in total. The first-order chi connectivity index (χ1) is 13.6. The van der Waals surface area contributed by atoms with Crippen LogP contribution < -0.4 is 0 Å². The molecular weight excluding hydrogens is 352 g/mol. The Morgan fingerprint density at radius 3 is 2.79 bits per heavy atom. The van der Waals surface area contributed by atoms with Crippen LogP contribution in [0.3, 0.4) is 0 Å². The Labute approximate surface area is 164 Å². The van der Waals surface area contributed by atoms with Crippen LogP contribution in [0.15, 0.2) is 47.2 Å². The molecule has 1 aliphatic rings. The quantitative estimate of drug-likeness (QED) is 0.672. The third kappa shape index (κ3) is 3.67. The number of nitrogens with zero attached hydrogens (tertiary/aromatic N) is 4. The summed E-state index contributed by atoms with van der Waals surface area (Å²) in [6, 6.07) is 10.1. The highest BCUT2D eigenvalue weighted by Crippen LogP contribution is 2.33. The highest BCUT2D eigenvalue weighted by Gasteiger charge is 2.31. The van der Waals surface area contributed by atoms with Gasteiger partial charge in [0.1, 0.15) is 5.76 Å². The van der Waals surface area contributed by atoms with E-state index in [1.165, 1.54) is 5.56 Å². The Morgan fingerprint density at radius 2 is 2.04 bits per heavy atom. The topological polar surface area (TPSA) is 72.1 Å². The van der Waals surface area contributed by atoms with E-state index in [1.807, 2.05) is 36.9 Å². The van der Waals surface area contributed by atoms with Crippen molar-refractivity contribution in [2.75, 3.05) is 6.54 Å². The molecule has 1 aromatic carbocycles. The van der Waals surface area contributed by atoms with Crippen molar-refractivity contribution < 1.29 is 9.32 Å². The van der Waals surface area contributed by atoms with Gasteiger partial charge in [-0.1, -0.05) is 35.5 Å². The summed E-state index contributed by atoms with van der Waals surface area (Å²) in [5.74, 6) is 0.905. The maximum absolute atomic E-state index is 12.9. The average Bonchev–Trinajstić information content (AvgIpc) is 3.34. The SMILES string of the molecule is Cc1noc(C)c1-c1cncc([C@H]2CCCN2C(=O)CCc2ccccc2)n1. The zero-order valence-corrected chi connectivity index (χ0v) is 16.3. The fraction of sp³-hybridized carbons (Fsp3) is 0.364. The van der Waals surface area contributed by atoms with Gasteiger partial charge in [-0.15, -0.1) is 0 Å². The minimum absolute atomic E-state index is 0.0174. The maximum atomic E-state index is 12.9. The van der Waals surface area contributed by atoms with E-state index in [9.17, 15) is 4.79 Å². The number of benzene rings is 1. The van der Waals surface area contributed by atoms with Crippen molar-refractivity contribution in [2.45, 2.75) is 45.6 Å². The molecule has 6 heteroatoms. The van der Waals surface area contributed by atoms with Crippen LogP contribution in [0, 0.1) is 13.8 Å². The predicted molar refractivity (Wildman–Crippen MR) is 105 cm³/mol. The van der Waals surface area contributed by atoms with Crippen molar-refractivity contribution in [1.29, 1.82) is 0 Å². The summed E-state index contributed by atoms with van der Waals surface area (Å²) in [4.78, 5) is 24.0. The molecule has 2 aromatic heterocycles. The molecule has 3 heterocycles. The zero-order chi connectivity index (χ0) is 19.5. The predicted octanol–water partition coefficient (Wildman–Crippen LogP) is 4.04. The van der Waals surface area contributed by atoms with E-state index in [4.69, 9.17) is 9.51 Å². The Balaban J connectivity index is 1.52. The number of amides is 1. The molecule has 28 heavy (non-hydrogen) atoms. The van der Waals surface area contributed by atoms with Crippen LogP contribution in [0.5, 0.6) is 0 Å². The summed E-state index contributed by atoms with van der Waals surface area (Å²) in [5.41, 5.74) is 4.45. The van der Waals surface area contributed by atoms with E-state index >= 15 is 0 Å². The molecule has 1 amide bonds. The summed E-state index contributed by atoms with van der Waals surface area (Å²) in [5, 5.41) is 4.01. The van der Waals surface area contributed by atoms with Gasteiger partial charge in [0.15, 0.2) is 0 Å². The highest BCUT2D eigenvalue weighted by molar-refractivity contribution is 5.77. The van der Waals surface area contributed by atoms with Gasteiger partial charge in [-0.25, -0.2) is 4.98 Å². The molecule has 0 saturated carbocycles. The fourth-order valence-electron chi connectivity index (χ4n) is 3.92. The number of hydrogen-bond donors (Lipinski definition) is 0. The summed E-state index contributed by atoms with van der Waals surface area (Å²) in [6.45, 7) is 4.54. The highest BCUT2D eigenvalue weighted by atomic mass is 16.5. The molecule has 0 aliphatic carbocycles.